The summed E-state index contributed by atoms with van der Waals surface area (Å²) in [5, 5.41) is 3.00. The normalized spacial score (nSPS) is 12.9. The lowest BCUT2D eigenvalue weighted by molar-refractivity contribution is -0.140. The molecule has 1 N–H and O–H groups in total. The zero-order chi connectivity index (χ0) is 21.6. The Hall–Kier alpha value is -2.14. The van der Waals surface area contributed by atoms with E-state index >= 15 is 0 Å². The number of rotatable bonds is 8. The molecule has 4 nitrogen and oxygen atoms in total. The summed E-state index contributed by atoms with van der Waals surface area (Å²) in [5.41, 5.74) is 4.20. The highest BCUT2D eigenvalue weighted by molar-refractivity contribution is 9.10. The van der Waals surface area contributed by atoms with Crippen molar-refractivity contribution in [3.8, 4) is 0 Å². The van der Waals surface area contributed by atoms with Crippen molar-refractivity contribution in [2.45, 2.75) is 66.1 Å². The summed E-state index contributed by atoms with van der Waals surface area (Å²) >= 11 is 3.49. The largest absolute Gasteiger partial charge is 0.352 e. The van der Waals surface area contributed by atoms with Crippen LogP contribution >= 0.6 is 15.9 Å². The van der Waals surface area contributed by atoms with Gasteiger partial charge in [-0.15, -0.1) is 0 Å². The number of carbonyl (C=O) groups excluding carboxylic acids is 2. The molecule has 0 heterocycles. The fourth-order valence-corrected chi connectivity index (χ4v) is 3.58. The molecule has 156 valence electrons. The summed E-state index contributed by atoms with van der Waals surface area (Å²) in [4.78, 5) is 27.8. The molecule has 2 rings (SSSR count). The molecule has 0 saturated heterocycles. The Morgan fingerprint density at radius 1 is 1.10 bits per heavy atom. The van der Waals surface area contributed by atoms with Crippen LogP contribution < -0.4 is 5.32 Å². The van der Waals surface area contributed by atoms with E-state index in [-0.39, 0.29) is 24.3 Å². The van der Waals surface area contributed by atoms with Crippen molar-refractivity contribution in [1.82, 2.24) is 10.2 Å². The number of halogens is 1. The SMILES string of the molecule is CC[C@@H](C)NC(=O)[C@@H](C)N(Cc1cccc(Br)c1)C(=O)Cc1cc(C)ccc1C. The summed E-state index contributed by atoms with van der Waals surface area (Å²) in [7, 11) is 0. The highest BCUT2D eigenvalue weighted by Crippen LogP contribution is 2.18. The monoisotopic (exact) mass is 458 g/mol. The summed E-state index contributed by atoms with van der Waals surface area (Å²) < 4.78 is 0.952. The van der Waals surface area contributed by atoms with Gasteiger partial charge in [-0.1, -0.05) is 58.7 Å². The van der Waals surface area contributed by atoms with Crippen molar-refractivity contribution in [2.24, 2.45) is 0 Å². The number of carbonyl (C=O) groups is 2. The number of hydrogen-bond donors (Lipinski definition) is 1. The van der Waals surface area contributed by atoms with Gasteiger partial charge in [0.25, 0.3) is 0 Å². The molecule has 0 saturated carbocycles. The maximum atomic E-state index is 13.3. The van der Waals surface area contributed by atoms with Gasteiger partial charge in [0.15, 0.2) is 0 Å². The van der Waals surface area contributed by atoms with E-state index < -0.39 is 6.04 Å². The van der Waals surface area contributed by atoms with Crippen molar-refractivity contribution in [2.75, 3.05) is 0 Å². The first-order valence-electron chi connectivity index (χ1n) is 10.1. The third-order valence-electron chi connectivity index (χ3n) is 5.26. The van der Waals surface area contributed by atoms with Gasteiger partial charge in [0, 0.05) is 17.1 Å². The second-order valence-electron chi connectivity index (χ2n) is 7.75. The Morgan fingerprint density at radius 2 is 1.83 bits per heavy atom. The molecule has 2 amide bonds. The third-order valence-corrected chi connectivity index (χ3v) is 5.75. The molecular weight excluding hydrogens is 428 g/mol. The van der Waals surface area contributed by atoms with Crippen molar-refractivity contribution < 1.29 is 9.59 Å². The molecule has 0 fully saturated rings. The molecule has 0 radical (unpaired) electrons. The minimum atomic E-state index is -0.555. The lowest BCUT2D eigenvalue weighted by Gasteiger charge is -2.30. The Morgan fingerprint density at radius 3 is 2.48 bits per heavy atom. The van der Waals surface area contributed by atoms with Crippen LogP contribution in [0.4, 0.5) is 0 Å². The van der Waals surface area contributed by atoms with Gasteiger partial charge in [-0.05, 0) is 62.9 Å². The van der Waals surface area contributed by atoms with E-state index in [0.29, 0.717) is 6.54 Å². The molecule has 2 aromatic carbocycles. The molecule has 0 spiro atoms. The van der Waals surface area contributed by atoms with E-state index in [9.17, 15) is 9.59 Å². The Kier molecular flexibility index (Phi) is 8.45. The number of hydrogen-bond acceptors (Lipinski definition) is 2. The topological polar surface area (TPSA) is 49.4 Å². The average Bonchev–Trinajstić information content (AvgIpc) is 2.68. The Labute approximate surface area is 182 Å². The van der Waals surface area contributed by atoms with Gasteiger partial charge < -0.3 is 10.2 Å². The quantitative estimate of drug-likeness (QED) is 0.608. The molecule has 0 aliphatic heterocycles. The van der Waals surface area contributed by atoms with Crippen LogP contribution in [0, 0.1) is 13.8 Å². The summed E-state index contributed by atoms with van der Waals surface area (Å²) in [5.74, 6) is -0.172. The smallest absolute Gasteiger partial charge is 0.242 e. The number of nitrogens with zero attached hydrogens (tertiary/aromatic N) is 1. The molecule has 0 aliphatic carbocycles. The molecule has 0 aromatic heterocycles. The molecule has 2 atom stereocenters. The van der Waals surface area contributed by atoms with Crippen LogP contribution in [0.15, 0.2) is 46.9 Å². The Balaban J connectivity index is 2.28. The fraction of sp³-hybridized carbons (Fsp3) is 0.417. The zero-order valence-corrected chi connectivity index (χ0v) is 19.5. The molecule has 29 heavy (non-hydrogen) atoms. The van der Waals surface area contributed by atoms with Crippen molar-refractivity contribution >= 4 is 27.7 Å². The van der Waals surface area contributed by atoms with E-state index in [1.165, 1.54) is 0 Å². The van der Waals surface area contributed by atoms with Gasteiger partial charge in [0.2, 0.25) is 11.8 Å². The van der Waals surface area contributed by atoms with E-state index in [1.54, 1.807) is 11.8 Å². The number of amides is 2. The van der Waals surface area contributed by atoms with Gasteiger partial charge >= 0.3 is 0 Å². The first-order valence-corrected chi connectivity index (χ1v) is 10.9. The second-order valence-corrected chi connectivity index (χ2v) is 8.67. The first-order chi connectivity index (χ1) is 13.7. The predicted molar refractivity (Wildman–Crippen MR) is 122 cm³/mol. The number of nitrogens with one attached hydrogen (secondary N) is 1. The maximum absolute atomic E-state index is 13.3. The van der Waals surface area contributed by atoms with Crippen LogP contribution in [-0.4, -0.2) is 28.8 Å². The number of benzene rings is 2. The average molecular weight is 459 g/mol. The first kappa shape index (κ1) is 23.1. The second kappa shape index (κ2) is 10.6. The molecule has 5 heteroatoms. The fourth-order valence-electron chi connectivity index (χ4n) is 3.14. The summed E-state index contributed by atoms with van der Waals surface area (Å²) in [6, 6.07) is 13.5. The van der Waals surface area contributed by atoms with Gasteiger partial charge in [-0.2, -0.15) is 0 Å². The highest BCUT2D eigenvalue weighted by atomic mass is 79.9. The summed E-state index contributed by atoms with van der Waals surface area (Å²) in [6.07, 6.45) is 1.13. The highest BCUT2D eigenvalue weighted by Gasteiger charge is 2.27. The van der Waals surface area contributed by atoms with Gasteiger partial charge in [0.05, 0.1) is 6.42 Å². The standard InChI is InChI=1S/C24H31BrN2O2/c1-6-18(4)26-24(29)19(5)27(15-20-8-7-9-22(25)13-20)23(28)14-21-12-16(2)10-11-17(21)3/h7-13,18-19H,6,14-15H2,1-5H3,(H,26,29)/t18-,19-/m1/s1. The van der Waals surface area contributed by atoms with Crippen LogP contribution in [-0.2, 0) is 22.6 Å². The van der Waals surface area contributed by atoms with Crippen molar-refractivity contribution in [3.05, 3.63) is 69.2 Å². The Bertz CT molecular complexity index is 866. The van der Waals surface area contributed by atoms with E-state index in [0.717, 1.165) is 33.1 Å². The van der Waals surface area contributed by atoms with E-state index in [4.69, 9.17) is 0 Å². The van der Waals surface area contributed by atoms with Gasteiger partial charge in [-0.25, -0.2) is 0 Å². The summed E-state index contributed by atoms with van der Waals surface area (Å²) in [6.45, 7) is 10.2. The van der Waals surface area contributed by atoms with Crippen molar-refractivity contribution in [1.29, 1.82) is 0 Å². The van der Waals surface area contributed by atoms with Crippen LogP contribution in [0.3, 0.4) is 0 Å². The van der Waals surface area contributed by atoms with Crippen LogP contribution in [0.2, 0.25) is 0 Å². The lowest BCUT2D eigenvalue weighted by atomic mass is 10.0. The molecule has 0 aliphatic rings. The minimum absolute atomic E-state index is 0.0505. The third kappa shape index (κ3) is 6.70. The lowest BCUT2D eigenvalue weighted by Crippen LogP contribution is -2.49. The molecular formula is C24H31BrN2O2. The van der Waals surface area contributed by atoms with Crippen LogP contribution in [0.1, 0.15) is 49.4 Å². The van der Waals surface area contributed by atoms with Crippen molar-refractivity contribution in [3.63, 3.8) is 0 Å². The van der Waals surface area contributed by atoms with E-state index in [2.05, 4.69) is 27.3 Å². The molecule has 2 aromatic rings. The minimum Gasteiger partial charge on any atom is -0.352 e. The van der Waals surface area contributed by atoms with Crippen LogP contribution in [0.5, 0.6) is 0 Å². The maximum Gasteiger partial charge on any atom is 0.242 e. The number of aryl methyl sites for hydroxylation is 2. The van der Waals surface area contributed by atoms with Crippen LogP contribution in [0.25, 0.3) is 0 Å². The van der Waals surface area contributed by atoms with E-state index in [1.807, 2.05) is 64.1 Å². The predicted octanol–water partition coefficient (Wildman–Crippen LogP) is 4.94. The molecule has 0 bridgehead atoms. The zero-order valence-electron chi connectivity index (χ0n) is 18.0. The van der Waals surface area contributed by atoms with Gasteiger partial charge in [-0.3, -0.25) is 9.59 Å². The molecule has 0 unspecified atom stereocenters. The van der Waals surface area contributed by atoms with Gasteiger partial charge in [0.1, 0.15) is 6.04 Å².